The van der Waals surface area contributed by atoms with Crippen molar-refractivity contribution >= 4 is 40.4 Å². The van der Waals surface area contributed by atoms with E-state index in [1.807, 2.05) is 91.0 Å². The summed E-state index contributed by atoms with van der Waals surface area (Å²) >= 11 is 6.29. The molecular formula is C28H21ClN2O3. The molecule has 0 bridgehead atoms. The van der Waals surface area contributed by atoms with Crippen LogP contribution in [0.4, 0.5) is 4.79 Å². The third-order valence-electron chi connectivity index (χ3n) is 5.71. The molecule has 0 spiro atoms. The maximum absolute atomic E-state index is 13.1. The number of urea groups is 1. The number of carbonyl (C=O) groups is 2. The molecule has 0 aromatic heterocycles. The van der Waals surface area contributed by atoms with Gasteiger partial charge in [-0.15, -0.1) is 0 Å². The maximum atomic E-state index is 13.1. The number of nitrogens with zero attached hydrogens (tertiary/aromatic N) is 1. The van der Waals surface area contributed by atoms with Crippen LogP contribution in [-0.4, -0.2) is 16.8 Å². The van der Waals surface area contributed by atoms with E-state index in [4.69, 9.17) is 16.3 Å². The number of fused-ring (bicyclic) bond motifs is 1. The molecule has 1 aliphatic heterocycles. The number of nitrogens with one attached hydrogen (secondary N) is 1. The lowest BCUT2D eigenvalue weighted by molar-refractivity contribution is -0.123. The highest BCUT2D eigenvalue weighted by Gasteiger charge is 2.33. The predicted octanol–water partition coefficient (Wildman–Crippen LogP) is 6.17. The fourth-order valence-corrected chi connectivity index (χ4v) is 4.14. The third kappa shape index (κ3) is 4.38. The Morgan fingerprint density at radius 1 is 0.853 bits per heavy atom. The fraction of sp³-hybridized carbons (Fsp3) is 0.0714. The van der Waals surface area contributed by atoms with E-state index in [1.165, 1.54) is 4.90 Å². The minimum absolute atomic E-state index is 0.203. The number of rotatable bonds is 6. The van der Waals surface area contributed by atoms with Gasteiger partial charge in [0.1, 0.15) is 18.1 Å². The van der Waals surface area contributed by atoms with Gasteiger partial charge in [-0.2, -0.15) is 0 Å². The van der Waals surface area contributed by atoms with Gasteiger partial charge >= 0.3 is 6.03 Å². The first kappa shape index (κ1) is 21.7. The van der Waals surface area contributed by atoms with E-state index in [0.717, 1.165) is 27.5 Å². The minimum Gasteiger partial charge on any atom is -0.488 e. The van der Waals surface area contributed by atoms with Gasteiger partial charge in [-0.3, -0.25) is 9.69 Å². The Morgan fingerprint density at radius 3 is 2.41 bits per heavy atom. The molecule has 1 N–H and O–H groups in total. The van der Waals surface area contributed by atoms with Crippen molar-refractivity contribution in [2.24, 2.45) is 0 Å². The van der Waals surface area contributed by atoms with E-state index in [0.29, 0.717) is 10.8 Å². The molecule has 1 aliphatic rings. The Balaban J connectivity index is 1.49. The zero-order chi connectivity index (χ0) is 23.5. The van der Waals surface area contributed by atoms with Crippen molar-refractivity contribution in [1.29, 1.82) is 0 Å². The van der Waals surface area contributed by atoms with Crippen LogP contribution < -0.4 is 10.1 Å². The lowest BCUT2D eigenvalue weighted by Crippen LogP contribution is -2.30. The van der Waals surface area contributed by atoms with Gasteiger partial charge in [-0.1, -0.05) is 90.5 Å². The van der Waals surface area contributed by atoms with E-state index in [2.05, 4.69) is 5.32 Å². The van der Waals surface area contributed by atoms with Gasteiger partial charge in [0.2, 0.25) is 0 Å². The molecule has 1 saturated heterocycles. The number of imide groups is 1. The summed E-state index contributed by atoms with van der Waals surface area (Å²) in [5.74, 6) is 0.216. The van der Waals surface area contributed by atoms with Gasteiger partial charge in [-0.05, 0) is 34.5 Å². The Hall–Kier alpha value is -4.09. The summed E-state index contributed by atoms with van der Waals surface area (Å²) in [6, 6.07) is 28.1. The van der Waals surface area contributed by atoms with E-state index in [9.17, 15) is 9.59 Å². The summed E-state index contributed by atoms with van der Waals surface area (Å²) < 4.78 is 6.14. The molecule has 1 fully saturated rings. The van der Waals surface area contributed by atoms with Crippen LogP contribution in [0, 0.1) is 0 Å². The zero-order valence-electron chi connectivity index (χ0n) is 18.2. The fourth-order valence-electron chi connectivity index (χ4n) is 3.95. The molecule has 5 rings (SSSR count). The van der Waals surface area contributed by atoms with Crippen LogP contribution in [0.2, 0.25) is 5.02 Å². The summed E-state index contributed by atoms with van der Waals surface area (Å²) in [6.45, 7) is 0.475. The van der Waals surface area contributed by atoms with Crippen LogP contribution in [0.5, 0.6) is 5.75 Å². The van der Waals surface area contributed by atoms with Crippen LogP contribution in [0.1, 0.15) is 16.7 Å². The smallest absolute Gasteiger partial charge is 0.329 e. The molecular weight excluding hydrogens is 448 g/mol. The molecule has 4 aromatic rings. The molecule has 34 heavy (non-hydrogen) atoms. The summed E-state index contributed by atoms with van der Waals surface area (Å²) in [7, 11) is 0. The number of ether oxygens (including phenoxy) is 1. The molecule has 3 amide bonds. The summed E-state index contributed by atoms with van der Waals surface area (Å²) in [5.41, 5.74) is 2.66. The number of benzene rings is 4. The van der Waals surface area contributed by atoms with Crippen molar-refractivity contribution in [3.63, 3.8) is 0 Å². The Kier molecular flexibility index (Phi) is 6.02. The van der Waals surface area contributed by atoms with Crippen molar-refractivity contribution in [3.8, 4) is 5.75 Å². The molecule has 0 saturated carbocycles. The van der Waals surface area contributed by atoms with Crippen molar-refractivity contribution < 1.29 is 14.3 Å². The number of amides is 3. The van der Waals surface area contributed by atoms with Gasteiger partial charge in [0.25, 0.3) is 5.91 Å². The largest absolute Gasteiger partial charge is 0.488 e. The number of halogens is 1. The summed E-state index contributed by atoms with van der Waals surface area (Å²) in [6.07, 6.45) is 1.69. The van der Waals surface area contributed by atoms with E-state index in [-0.39, 0.29) is 24.8 Å². The van der Waals surface area contributed by atoms with Gasteiger partial charge in [0.05, 0.1) is 6.54 Å². The first-order valence-electron chi connectivity index (χ1n) is 10.9. The second-order valence-corrected chi connectivity index (χ2v) is 8.35. The lowest BCUT2D eigenvalue weighted by atomic mass is 10.0. The Morgan fingerprint density at radius 2 is 1.59 bits per heavy atom. The normalized spacial score (nSPS) is 14.6. The lowest BCUT2D eigenvalue weighted by Gasteiger charge is -2.13. The zero-order valence-corrected chi connectivity index (χ0v) is 19.0. The quantitative estimate of drug-likeness (QED) is 0.272. The number of hydrogen-bond donors (Lipinski definition) is 1. The van der Waals surface area contributed by atoms with E-state index in [1.54, 1.807) is 6.08 Å². The summed E-state index contributed by atoms with van der Waals surface area (Å²) in [5, 5.41) is 5.25. The maximum Gasteiger partial charge on any atom is 0.329 e. The standard InChI is InChI=1S/C28H21ClN2O3/c29-24-13-7-5-11-21(24)18-34-26-15-14-20-10-4-6-12-22(20)23(26)16-25-27(32)31(28(33)30-25)17-19-8-2-1-3-9-19/h1-16H,17-18H2,(H,30,33)/b25-16+. The molecule has 0 aliphatic carbocycles. The third-order valence-corrected chi connectivity index (χ3v) is 6.07. The second-order valence-electron chi connectivity index (χ2n) is 7.94. The van der Waals surface area contributed by atoms with E-state index >= 15 is 0 Å². The molecule has 0 atom stereocenters. The second kappa shape index (κ2) is 9.41. The highest BCUT2D eigenvalue weighted by Crippen LogP contribution is 2.32. The Bertz CT molecular complexity index is 1420. The highest BCUT2D eigenvalue weighted by atomic mass is 35.5. The topological polar surface area (TPSA) is 58.6 Å². The molecule has 0 radical (unpaired) electrons. The van der Waals surface area contributed by atoms with Crippen LogP contribution >= 0.6 is 11.6 Å². The van der Waals surface area contributed by atoms with Crippen molar-refractivity contribution in [2.75, 3.05) is 0 Å². The molecule has 6 heteroatoms. The van der Waals surface area contributed by atoms with Gasteiger partial charge < -0.3 is 10.1 Å². The minimum atomic E-state index is -0.445. The van der Waals surface area contributed by atoms with E-state index < -0.39 is 6.03 Å². The monoisotopic (exact) mass is 468 g/mol. The van der Waals surface area contributed by atoms with Crippen molar-refractivity contribution in [2.45, 2.75) is 13.2 Å². The molecule has 5 nitrogen and oxygen atoms in total. The van der Waals surface area contributed by atoms with Crippen LogP contribution in [0.25, 0.3) is 16.8 Å². The van der Waals surface area contributed by atoms with Crippen molar-refractivity contribution in [3.05, 3.63) is 118 Å². The highest BCUT2D eigenvalue weighted by molar-refractivity contribution is 6.31. The average molecular weight is 469 g/mol. The molecule has 4 aromatic carbocycles. The van der Waals surface area contributed by atoms with Crippen LogP contribution in [0.15, 0.2) is 96.7 Å². The van der Waals surface area contributed by atoms with Crippen LogP contribution in [-0.2, 0) is 17.9 Å². The number of carbonyl (C=O) groups excluding carboxylic acids is 2. The molecule has 1 heterocycles. The first-order valence-corrected chi connectivity index (χ1v) is 11.2. The SMILES string of the molecule is O=C1N/C(=C/c2c(OCc3ccccc3Cl)ccc3ccccc23)C(=O)N1Cc1ccccc1. The molecule has 168 valence electrons. The molecule has 0 unspecified atom stereocenters. The Labute approximate surface area is 202 Å². The average Bonchev–Trinajstić information content (AvgIpc) is 3.12. The van der Waals surface area contributed by atoms with Gasteiger partial charge in [0.15, 0.2) is 0 Å². The summed E-state index contributed by atoms with van der Waals surface area (Å²) in [4.78, 5) is 26.9. The van der Waals surface area contributed by atoms with Crippen LogP contribution in [0.3, 0.4) is 0 Å². The predicted molar refractivity (Wildman–Crippen MR) is 133 cm³/mol. The van der Waals surface area contributed by atoms with Crippen molar-refractivity contribution in [1.82, 2.24) is 10.2 Å². The number of hydrogen-bond acceptors (Lipinski definition) is 3. The van der Waals surface area contributed by atoms with Gasteiger partial charge in [0, 0.05) is 16.1 Å². The van der Waals surface area contributed by atoms with Gasteiger partial charge in [-0.25, -0.2) is 4.79 Å². The first-order chi connectivity index (χ1) is 16.6.